The van der Waals surface area contributed by atoms with Crippen molar-refractivity contribution >= 4 is 5.78 Å². The van der Waals surface area contributed by atoms with Crippen molar-refractivity contribution in [3.63, 3.8) is 0 Å². The maximum Gasteiger partial charge on any atom is 0.211 e. The monoisotopic (exact) mass is 169 g/mol. The van der Waals surface area contributed by atoms with E-state index >= 15 is 0 Å². The van der Waals surface area contributed by atoms with E-state index in [1.165, 1.54) is 12.3 Å². The molecule has 0 spiro atoms. The highest BCUT2D eigenvalue weighted by atomic mass is 16.6. The third-order valence-electron chi connectivity index (χ3n) is 1.32. The summed E-state index contributed by atoms with van der Waals surface area (Å²) in [5, 5.41) is 9.90. The number of nitrogens with zero attached hydrogens (tertiary/aromatic N) is 1. The highest BCUT2D eigenvalue weighted by Gasteiger charge is 2.11. The smallest absolute Gasteiger partial charge is 0.211 e. The summed E-state index contributed by atoms with van der Waals surface area (Å²) in [4.78, 5) is 20.4. The van der Waals surface area contributed by atoms with Crippen LogP contribution in [0.5, 0.6) is 0 Å². The second-order valence-electron chi connectivity index (χ2n) is 2.21. The molecule has 0 radical (unpaired) electrons. The summed E-state index contributed by atoms with van der Waals surface area (Å²) in [6.45, 7) is -0.348. The molecule has 0 saturated heterocycles. The molecule has 5 nitrogen and oxygen atoms in total. The number of rotatable bonds is 4. The minimum absolute atomic E-state index is 0.111. The van der Waals surface area contributed by atoms with Crippen LogP contribution in [0.3, 0.4) is 0 Å². The first-order chi connectivity index (χ1) is 5.70. The number of Topliss-reactive ketones (excluding diaryl/α,β-unsaturated/α-hetero) is 1. The Morgan fingerprint density at radius 3 is 2.92 bits per heavy atom. The van der Waals surface area contributed by atoms with E-state index in [1.807, 2.05) is 0 Å². The van der Waals surface area contributed by atoms with Crippen LogP contribution in [0.15, 0.2) is 22.8 Å². The van der Waals surface area contributed by atoms with Crippen molar-refractivity contribution in [3.8, 4) is 0 Å². The lowest BCUT2D eigenvalue weighted by atomic mass is 10.2. The van der Waals surface area contributed by atoms with Crippen LogP contribution >= 0.6 is 0 Å². The number of hydrogen-bond donors (Lipinski definition) is 0. The molecule has 0 fully saturated rings. The van der Waals surface area contributed by atoms with Crippen LogP contribution in [0.2, 0.25) is 0 Å². The van der Waals surface area contributed by atoms with Crippen LogP contribution in [-0.2, 0) is 0 Å². The fourth-order valence-electron chi connectivity index (χ4n) is 0.753. The van der Waals surface area contributed by atoms with E-state index in [9.17, 15) is 14.9 Å². The lowest BCUT2D eigenvalue weighted by Gasteiger charge is -1.91. The van der Waals surface area contributed by atoms with Gasteiger partial charge in [0.05, 0.1) is 12.7 Å². The van der Waals surface area contributed by atoms with E-state index in [0.29, 0.717) is 0 Å². The second-order valence-corrected chi connectivity index (χ2v) is 2.21. The van der Waals surface area contributed by atoms with Gasteiger partial charge in [0, 0.05) is 4.92 Å². The van der Waals surface area contributed by atoms with Gasteiger partial charge >= 0.3 is 0 Å². The lowest BCUT2D eigenvalue weighted by Crippen LogP contribution is -2.07. The van der Waals surface area contributed by atoms with E-state index < -0.39 is 4.92 Å². The molecule has 1 heterocycles. The van der Waals surface area contributed by atoms with Crippen molar-refractivity contribution < 1.29 is 14.1 Å². The molecule has 0 saturated carbocycles. The zero-order valence-electron chi connectivity index (χ0n) is 6.23. The van der Waals surface area contributed by atoms with Crippen molar-refractivity contribution in [3.05, 3.63) is 34.3 Å². The van der Waals surface area contributed by atoms with Gasteiger partial charge in [-0.3, -0.25) is 14.9 Å². The Hall–Kier alpha value is -1.65. The molecule has 0 unspecified atom stereocenters. The van der Waals surface area contributed by atoms with E-state index in [-0.39, 0.29) is 24.5 Å². The maximum absolute atomic E-state index is 11.0. The summed E-state index contributed by atoms with van der Waals surface area (Å²) in [6.07, 6.45) is 1.25. The van der Waals surface area contributed by atoms with Gasteiger partial charge in [-0.05, 0) is 12.1 Å². The SMILES string of the molecule is O=C(CC[N+](=O)[O-])c1ccco1. The Morgan fingerprint density at radius 1 is 1.67 bits per heavy atom. The van der Waals surface area contributed by atoms with Crippen molar-refractivity contribution in [1.29, 1.82) is 0 Å². The number of nitro groups is 1. The Morgan fingerprint density at radius 2 is 2.42 bits per heavy atom. The Kier molecular flexibility index (Phi) is 2.57. The third kappa shape index (κ3) is 2.19. The number of carbonyl (C=O) groups excluding carboxylic acids is 1. The quantitative estimate of drug-likeness (QED) is 0.384. The van der Waals surface area contributed by atoms with Gasteiger partial charge in [0.2, 0.25) is 12.3 Å². The average molecular weight is 169 g/mol. The normalized spacial score (nSPS) is 9.67. The highest BCUT2D eigenvalue weighted by molar-refractivity contribution is 5.93. The minimum atomic E-state index is -0.527. The summed E-state index contributed by atoms with van der Waals surface area (Å²) in [5.41, 5.74) is 0. The summed E-state index contributed by atoms with van der Waals surface area (Å²) in [7, 11) is 0. The van der Waals surface area contributed by atoms with Crippen molar-refractivity contribution in [2.45, 2.75) is 6.42 Å². The Bertz CT molecular complexity index is 278. The molecular formula is C7H7NO4. The van der Waals surface area contributed by atoms with Crippen molar-refractivity contribution in [1.82, 2.24) is 0 Å². The van der Waals surface area contributed by atoms with Gasteiger partial charge in [-0.1, -0.05) is 0 Å². The molecule has 1 aromatic rings. The number of carbonyl (C=O) groups is 1. The first kappa shape index (κ1) is 8.45. The molecule has 0 aliphatic rings. The first-order valence-electron chi connectivity index (χ1n) is 3.38. The highest BCUT2D eigenvalue weighted by Crippen LogP contribution is 2.03. The van der Waals surface area contributed by atoms with Gasteiger partial charge in [-0.15, -0.1) is 0 Å². The molecule has 0 aliphatic carbocycles. The van der Waals surface area contributed by atoms with Gasteiger partial charge in [-0.25, -0.2) is 0 Å². The van der Waals surface area contributed by atoms with E-state index in [0.717, 1.165) is 0 Å². The van der Waals surface area contributed by atoms with Crippen molar-refractivity contribution in [2.75, 3.05) is 6.54 Å². The molecule has 0 bridgehead atoms. The van der Waals surface area contributed by atoms with Gasteiger partial charge in [0.1, 0.15) is 0 Å². The molecule has 0 aliphatic heterocycles. The van der Waals surface area contributed by atoms with Crippen LogP contribution in [0.4, 0.5) is 0 Å². The fraction of sp³-hybridized carbons (Fsp3) is 0.286. The Labute approximate surface area is 68.1 Å². The molecule has 64 valence electrons. The van der Waals surface area contributed by atoms with Gasteiger partial charge in [0.25, 0.3) is 0 Å². The molecule has 0 N–H and O–H groups in total. The van der Waals surface area contributed by atoms with Gasteiger partial charge < -0.3 is 4.42 Å². The molecule has 0 aromatic carbocycles. The molecule has 0 atom stereocenters. The molecule has 5 heteroatoms. The second kappa shape index (κ2) is 3.66. The molecule has 0 amide bonds. The van der Waals surface area contributed by atoms with Crippen LogP contribution < -0.4 is 0 Å². The van der Waals surface area contributed by atoms with Crippen LogP contribution in [0.25, 0.3) is 0 Å². The number of ketones is 1. The first-order valence-corrected chi connectivity index (χ1v) is 3.38. The standard InChI is InChI=1S/C7H7NO4/c9-6(3-4-8(10)11)7-2-1-5-12-7/h1-2,5H,3-4H2. The molecular weight excluding hydrogens is 162 g/mol. The van der Waals surface area contributed by atoms with Crippen LogP contribution in [0, 0.1) is 10.1 Å². The topological polar surface area (TPSA) is 73.3 Å². The fourth-order valence-corrected chi connectivity index (χ4v) is 0.753. The molecule has 1 aromatic heterocycles. The predicted molar refractivity (Wildman–Crippen MR) is 39.5 cm³/mol. The number of furan rings is 1. The number of hydrogen-bond acceptors (Lipinski definition) is 4. The van der Waals surface area contributed by atoms with Gasteiger partial charge in [0.15, 0.2) is 5.76 Å². The van der Waals surface area contributed by atoms with Crippen LogP contribution in [-0.4, -0.2) is 17.3 Å². The maximum atomic E-state index is 11.0. The van der Waals surface area contributed by atoms with Gasteiger partial charge in [-0.2, -0.15) is 0 Å². The summed E-state index contributed by atoms with van der Waals surface area (Å²) < 4.78 is 4.76. The zero-order valence-corrected chi connectivity index (χ0v) is 6.23. The predicted octanol–water partition coefficient (Wildman–Crippen LogP) is 1.13. The molecule has 1 rings (SSSR count). The summed E-state index contributed by atoms with van der Waals surface area (Å²) in [5.74, 6) is -0.159. The zero-order chi connectivity index (χ0) is 8.97. The van der Waals surface area contributed by atoms with E-state index in [2.05, 4.69) is 0 Å². The van der Waals surface area contributed by atoms with Crippen LogP contribution in [0.1, 0.15) is 17.0 Å². The lowest BCUT2D eigenvalue weighted by molar-refractivity contribution is -0.478. The average Bonchev–Trinajstić information content (AvgIpc) is 2.51. The summed E-state index contributed by atoms with van der Waals surface area (Å²) in [6, 6.07) is 3.06. The van der Waals surface area contributed by atoms with Crippen molar-refractivity contribution in [2.24, 2.45) is 0 Å². The molecule has 12 heavy (non-hydrogen) atoms. The van der Waals surface area contributed by atoms with E-state index in [1.54, 1.807) is 6.07 Å². The third-order valence-corrected chi connectivity index (χ3v) is 1.32. The Balaban J connectivity index is 2.45. The summed E-state index contributed by atoms with van der Waals surface area (Å²) >= 11 is 0. The largest absolute Gasteiger partial charge is 0.461 e. The van der Waals surface area contributed by atoms with E-state index in [4.69, 9.17) is 4.42 Å². The minimum Gasteiger partial charge on any atom is -0.461 e.